The molecule has 0 bridgehead atoms. The van der Waals surface area contributed by atoms with Gasteiger partial charge in [0, 0.05) is 22.5 Å². The molecule has 0 unspecified atom stereocenters. The van der Waals surface area contributed by atoms with Crippen LogP contribution < -0.4 is 5.32 Å². The van der Waals surface area contributed by atoms with Gasteiger partial charge in [-0.25, -0.2) is 0 Å². The normalized spacial score (nSPS) is 11.4. The number of hydrogen-bond acceptors (Lipinski definition) is 1. The van der Waals surface area contributed by atoms with Crippen molar-refractivity contribution in [2.75, 3.05) is 12.4 Å². The fourth-order valence-electron chi connectivity index (χ4n) is 1.50. The molecule has 4 heteroatoms. The molecule has 1 rings (SSSR count). The number of aryl methyl sites for hydroxylation is 1. The first-order valence-corrected chi connectivity index (χ1v) is 7.29. The summed E-state index contributed by atoms with van der Waals surface area (Å²) in [6.07, 6.45) is 0.881. The van der Waals surface area contributed by atoms with Crippen LogP contribution in [0.25, 0.3) is 0 Å². The zero-order valence-corrected chi connectivity index (χ0v) is 13.4. The molecule has 0 radical (unpaired) electrons. The van der Waals surface area contributed by atoms with Crippen molar-refractivity contribution in [1.29, 1.82) is 0 Å². The van der Waals surface area contributed by atoms with E-state index in [-0.39, 0.29) is 11.3 Å². The highest BCUT2D eigenvalue weighted by molar-refractivity contribution is 9.10. The van der Waals surface area contributed by atoms with Crippen LogP contribution in [-0.4, -0.2) is 18.3 Å². The molecule has 0 saturated heterocycles. The molecule has 0 spiro atoms. The molecule has 0 fully saturated rings. The highest BCUT2D eigenvalue weighted by atomic mass is 79.9. The van der Waals surface area contributed by atoms with E-state index in [9.17, 15) is 4.79 Å². The zero-order valence-electron chi connectivity index (χ0n) is 11.0. The Kier molecular flexibility index (Phi) is 5.67. The van der Waals surface area contributed by atoms with Crippen LogP contribution in [0.4, 0.5) is 0 Å². The van der Waals surface area contributed by atoms with Crippen molar-refractivity contribution in [3.63, 3.8) is 0 Å². The smallest absolute Gasteiger partial charge is 0.251 e. The Morgan fingerprint density at radius 3 is 2.67 bits per heavy atom. The van der Waals surface area contributed by atoms with Gasteiger partial charge in [-0.05, 0) is 36.5 Å². The van der Waals surface area contributed by atoms with Crippen molar-refractivity contribution in [3.8, 4) is 0 Å². The predicted molar refractivity (Wildman–Crippen MR) is 80.3 cm³/mol. The van der Waals surface area contributed by atoms with Gasteiger partial charge in [0.25, 0.3) is 5.91 Å². The third-order valence-electron chi connectivity index (χ3n) is 2.93. The first-order valence-electron chi connectivity index (χ1n) is 5.96. The Morgan fingerprint density at radius 1 is 1.44 bits per heavy atom. The van der Waals surface area contributed by atoms with E-state index in [1.165, 1.54) is 0 Å². The van der Waals surface area contributed by atoms with Gasteiger partial charge < -0.3 is 5.32 Å². The molecule has 1 amide bonds. The average molecular weight is 333 g/mol. The molecule has 0 heterocycles. The van der Waals surface area contributed by atoms with Crippen LogP contribution in [0.3, 0.4) is 0 Å². The zero-order chi connectivity index (χ0) is 13.8. The van der Waals surface area contributed by atoms with Gasteiger partial charge in [-0.1, -0.05) is 35.8 Å². The third kappa shape index (κ3) is 4.62. The van der Waals surface area contributed by atoms with Gasteiger partial charge in [0.1, 0.15) is 0 Å². The van der Waals surface area contributed by atoms with Crippen LogP contribution in [0.15, 0.2) is 22.7 Å². The molecule has 2 nitrogen and oxygen atoms in total. The number of amides is 1. The number of halogens is 2. The van der Waals surface area contributed by atoms with Gasteiger partial charge >= 0.3 is 0 Å². The highest BCUT2D eigenvalue weighted by Gasteiger charge is 2.18. The van der Waals surface area contributed by atoms with Crippen molar-refractivity contribution in [3.05, 3.63) is 33.8 Å². The molecule has 1 aromatic carbocycles. The number of alkyl halides is 1. The molecule has 1 N–H and O–H groups in total. The van der Waals surface area contributed by atoms with E-state index < -0.39 is 0 Å². The summed E-state index contributed by atoms with van der Waals surface area (Å²) in [5.41, 5.74) is 1.82. The Hall–Kier alpha value is -0.540. The molecular formula is C14H19BrClNO. The molecule has 0 saturated carbocycles. The van der Waals surface area contributed by atoms with Crippen molar-refractivity contribution < 1.29 is 4.79 Å². The average Bonchev–Trinajstić information content (AvgIpc) is 2.30. The standard InChI is InChI=1S/C14H19BrClNO/c1-10-4-5-11(8-12(10)15)13(18)17-9-14(2,3)6-7-16/h4-5,8H,6-7,9H2,1-3H3,(H,17,18). The lowest BCUT2D eigenvalue weighted by Crippen LogP contribution is -2.34. The number of rotatable bonds is 5. The molecule has 0 aliphatic carbocycles. The van der Waals surface area contributed by atoms with E-state index in [0.29, 0.717) is 18.0 Å². The second kappa shape index (κ2) is 6.58. The SMILES string of the molecule is Cc1ccc(C(=O)NCC(C)(C)CCCl)cc1Br. The largest absolute Gasteiger partial charge is 0.352 e. The van der Waals surface area contributed by atoms with Gasteiger partial charge in [-0.15, -0.1) is 11.6 Å². The minimum Gasteiger partial charge on any atom is -0.352 e. The number of carbonyl (C=O) groups excluding carboxylic acids is 1. The highest BCUT2D eigenvalue weighted by Crippen LogP contribution is 2.20. The lowest BCUT2D eigenvalue weighted by molar-refractivity contribution is 0.0936. The predicted octanol–water partition coefficient (Wildman–Crippen LogP) is 4.14. The Bertz CT molecular complexity index is 432. The first-order chi connectivity index (χ1) is 8.35. The van der Waals surface area contributed by atoms with Crippen LogP contribution in [-0.2, 0) is 0 Å². The Morgan fingerprint density at radius 2 is 2.11 bits per heavy atom. The first kappa shape index (κ1) is 15.5. The van der Waals surface area contributed by atoms with Crippen LogP contribution in [0.1, 0.15) is 36.2 Å². The summed E-state index contributed by atoms with van der Waals surface area (Å²) < 4.78 is 0.954. The Balaban J connectivity index is 2.63. The lowest BCUT2D eigenvalue weighted by atomic mass is 9.90. The maximum absolute atomic E-state index is 12.0. The summed E-state index contributed by atoms with van der Waals surface area (Å²) in [4.78, 5) is 12.0. The van der Waals surface area contributed by atoms with E-state index in [0.717, 1.165) is 16.5 Å². The van der Waals surface area contributed by atoms with Crippen molar-refractivity contribution >= 4 is 33.4 Å². The van der Waals surface area contributed by atoms with Crippen molar-refractivity contribution in [2.45, 2.75) is 27.2 Å². The molecular weight excluding hydrogens is 314 g/mol. The van der Waals surface area contributed by atoms with Gasteiger partial charge in [-0.3, -0.25) is 4.79 Å². The molecule has 100 valence electrons. The van der Waals surface area contributed by atoms with Crippen LogP contribution in [0.5, 0.6) is 0 Å². The number of carbonyl (C=O) groups is 1. The summed E-state index contributed by atoms with van der Waals surface area (Å²) in [5.74, 6) is 0.567. The van der Waals surface area contributed by atoms with Gasteiger partial charge in [0.15, 0.2) is 0 Å². The fraction of sp³-hybridized carbons (Fsp3) is 0.500. The van der Waals surface area contributed by atoms with Crippen LogP contribution in [0, 0.1) is 12.3 Å². The number of nitrogens with one attached hydrogen (secondary N) is 1. The minimum absolute atomic E-state index is 0.0271. The van der Waals surface area contributed by atoms with Gasteiger partial charge in [0.2, 0.25) is 0 Å². The quantitative estimate of drug-likeness (QED) is 0.807. The molecule has 0 aliphatic heterocycles. The number of hydrogen-bond donors (Lipinski definition) is 1. The minimum atomic E-state index is -0.0432. The van der Waals surface area contributed by atoms with E-state index >= 15 is 0 Å². The summed E-state index contributed by atoms with van der Waals surface area (Å²) in [6.45, 7) is 6.82. The van der Waals surface area contributed by atoms with Crippen molar-refractivity contribution in [2.24, 2.45) is 5.41 Å². The summed E-state index contributed by atoms with van der Waals surface area (Å²) >= 11 is 9.17. The summed E-state index contributed by atoms with van der Waals surface area (Å²) in [6, 6.07) is 5.62. The Labute approximate surface area is 122 Å². The molecule has 0 aromatic heterocycles. The summed E-state index contributed by atoms with van der Waals surface area (Å²) in [5, 5.41) is 2.95. The van der Waals surface area contributed by atoms with Gasteiger partial charge in [-0.2, -0.15) is 0 Å². The van der Waals surface area contributed by atoms with E-state index in [1.807, 2.05) is 25.1 Å². The van der Waals surface area contributed by atoms with E-state index in [2.05, 4.69) is 35.1 Å². The molecule has 0 aliphatic rings. The van der Waals surface area contributed by atoms with Crippen LogP contribution >= 0.6 is 27.5 Å². The second-order valence-corrected chi connectivity index (χ2v) is 6.48. The van der Waals surface area contributed by atoms with E-state index in [4.69, 9.17) is 11.6 Å². The number of benzene rings is 1. The molecule has 1 aromatic rings. The summed E-state index contributed by atoms with van der Waals surface area (Å²) in [7, 11) is 0. The van der Waals surface area contributed by atoms with Crippen molar-refractivity contribution in [1.82, 2.24) is 5.32 Å². The monoisotopic (exact) mass is 331 g/mol. The van der Waals surface area contributed by atoms with E-state index in [1.54, 1.807) is 0 Å². The third-order valence-corrected chi connectivity index (χ3v) is 3.98. The maximum atomic E-state index is 12.0. The molecule has 18 heavy (non-hydrogen) atoms. The maximum Gasteiger partial charge on any atom is 0.251 e. The fourth-order valence-corrected chi connectivity index (χ4v) is 2.39. The second-order valence-electron chi connectivity index (χ2n) is 5.25. The van der Waals surface area contributed by atoms with Gasteiger partial charge in [0.05, 0.1) is 0 Å². The topological polar surface area (TPSA) is 29.1 Å². The van der Waals surface area contributed by atoms with Crippen LogP contribution in [0.2, 0.25) is 0 Å². The lowest BCUT2D eigenvalue weighted by Gasteiger charge is -2.23. The molecule has 0 atom stereocenters.